The topological polar surface area (TPSA) is 116 Å². The number of allylic oxidation sites excluding steroid dienone is 1. The van der Waals surface area contributed by atoms with Crippen molar-refractivity contribution < 1.29 is 48.2 Å². The highest BCUT2D eigenvalue weighted by Crippen LogP contribution is 2.33. The molecule has 0 aliphatic carbocycles. The van der Waals surface area contributed by atoms with Gasteiger partial charge in [-0.3, -0.25) is 4.18 Å². The van der Waals surface area contributed by atoms with Crippen LogP contribution >= 0.6 is 0 Å². The molecule has 13 heteroatoms. The molecule has 4 atom stereocenters. The standard InChI is InChI=1S/C18H29F3O8S2/c1-12(14(3)28-31(25,26)18(19,20)21)10-16(29-30(4,23)24)7-8-17-13(2)11-15(27-17)6-5-9-22/h12,15-17,22H,2-3,5-11H2,1,4H3/t12?,15-,16+,17-/m0/s1. The van der Waals surface area contributed by atoms with Crippen LogP contribution in [0.4, 0.5) is 13.2 Å². The highest BCUT2D eigenvalue weighted by atomic mass is 32.2. The van der Waals surface area contributed by atoms with Crippen LogP contribution in [0, 0.1) is 5.92 Å². The van der Waals surface area contributed by atoms with E-state index in [1.54, 1.807) is 0 Å². The molecular formula is C18H29F3O8S2. The molecule has 1 fully saturated rings. The normalized spacial score (nSPS) is 22.3. The third kappa shape index (κ3) is 9.48. The lowest BCUT2D eigenvalue weighted by atomic mass is 9.96. The summed E-state index contributed by atoms with van der Waals surface area (Å²) in [5.41, 5.74) is -4.79. The van der Waals surface area contributed by atoms with E-state index >= 15 is 0 Å². The largest absolute Gasteiger partial charge is 0.534 e. The highest BCUT2D eigenvalue weighted by Gasteiger charge is 2.49. The van der Waals surface area contributed by atoms with Crippen LogP contribution in [0.2, 0.25) is 0 Å². The molecule has 0 aromatic rings. The molecule has 0 aromatic heterocycles. The van der Waals surface area contributed by atoms with Crippen molar-refractivity contribution in [3.63, 3.8) is 0 Å². The summed E-state index contributed by atoms with van der Waals surface area (Å²) in [5, 5.41) is 8.92. The van der Waals surface area contributed by atoms with Gasteiger partial charge in [-0.05, 0) is 44.1 Å². The van der Waals surface area contributed by atoms with Gasteiger partial charge in [-0.15, -0.1) is 0 Å². The van der Waals surface area contributed by atoms with Crippen molar-refractivity contribution in [1.29, 1.82) is 0 Å². The molecule has 0 amide bonds. The number of aliphatic hydroxyl groups excluding tert-OH is 1. The van der Waals surface area contributed by atoms with E-state index in [-0.39, 0.29) is 31.7 Å². The zero-order valence-corrected chi connectivity index (χ0v) is 19.1. The van der Waals surface area contributed by atoms with E-state index in [0.29, 0.717) is 25.7 Å². The maximum Gasteiger partial charge on any atom is 0.534 e. The minimum atomic E-state index is -5.87. The van der Waals surface area contributed by atoms with E-state index in [1.165, 1.54) is 6.92 Å². The molecule has 1 aliphatic heterocycles. The van der Waals surface area contributed by atoms with Crippen molar-refractivity contribution >= 4 is 20.2 Å². The first kappa shape index (κ1) is 27.9. The fourth-order valence-electron chi connectivity index (χ4n) is 3.15. The molecule has 1 aliphatic rings. The van der Waals surface area contributed by atoms with Gasteiger partial charge in [0.2, 0.25) is 0 Å². The molecule has 0 radical (unpaired) electrons. The maximum atomic E-state index is 12.5. The Kier molecular flexibility index (Phi) is 10.0. The van der Waals surface area contributed by atoms with Gasteiger partial charge in [0, 0.05) is 12.5 Å². The average molecular weight is 495 g/mol. The summed E-state index contributed by atoms with van der Waals surface area (Å²) in [4.78, 5) is 0. The molecule has 182 valence electrons. The van der Waals surface area contributed by atoms with Gasteiger partial charge in [0.15, 0.2) is 0 Å². The van der Waals surface area contributed by atoms with E-state index in [9.17, 15) is 30.0 Å². The number of halogens is 3. The molecule has 1 unspecified atom stereocenters. The zero-order valence-electron chi connectivity index (χ0n) is 17.4. The van der Waals surface area contributed by atoms with Gasteiger partial charge in [0.05, 0.1) is 24.6 Å². The molecule has 1 heterocycles. The molecule has 0 bridgehead atoms. The number of aliphatic hydroxyl groups is 1. The lowest BCUT2D eigenvalue weighted by Gasteiger charge is -2.23. The predicted molar refractivity (Wildman–Crippen MR) is 107 cm³/mol. The first-order valence-corrected chi connectivity index (χ1v) is 12.8. The van der Waals surface area contributed by atoms with Gasteiger partial charge in [0.1, 0.15) is 5.76 Å². The summed E-state index contributed by atoms with van der Waals surface area (Å²) in [7, 11) is -9.76. The summed E-state index contributed by atoms with van der Waals surface area (Å²) in [6, 6.07) is 0. The number of ether oxygens (including phenoxy) is 1. The van der Waals surface area contributed by atoms with E-state index in [1.807, 2.05) is 0 Å². The predicted octanol–water partition coefficient (Wildman–Crippen LogP) is 3.00. The second-order valence-corrected chi connectivity index (χ2v) is 10.7. The van der Waals surface area contributed by atoms with Crippen molar-refractivity contribution in [2.45, 2.75) is 69.3 Å². The lowest BCUT2D eigenvalue weighted by molar-refractivity contribution is -0.0527. The summed E-state index contributed by atoms with van der Waals surface area (Å²) >= 11 is 0. The second-order valence-electron chi connectivity index (χ2n) is 7.56. The van der Waals surface area contributed by atoms with Crippen molar-refractivity contribution in [3.8, 4) is 0 Å². The van der Waals surface area contributed by atoms with Crippen molar-refractivity contribution in [3.05, 3.63) is 24.5 Å². The highest BCUT2D eigenvalue weighted by molar-refractivity contribution is 7.87. The van der Waals surface area contributed by atoms with Gasteiger partial charge in [-0.25, -0.2) is 0 Å². The van der Waals surface area contributed by atoms with Gasteiger partial charge in [0.25, 0.3) is 10.1 Å². The molecule has 1 saturated heterocycles. The summed E-state index contributed by atoms with van der Waals surface area (Å²) in [6.07, 6.45) is 1.61. The Hall–Kier alpha value is -1.15. The third-order valence-corrected chi connectivity index (χ3v) is 6.34. The molecular weight excluding hydrogens is 465 g/mol. The Morgan fingerprint density at radius 3 is 2.42 bits per heavy atom. The Bertz CT molecular complexity index is 836. The minimum Gasteiger partial charge on any atom is -0.396 e. The van der Waals surface area contributed by atoms with E-state index in [4.69, 9.17) is 14.0 Å². The Labute approximate surface area is 181 Å². The van der Waals surface area contributed by atoms with Crippen LogP contribution in [0.15, 0.2) is 24.5 Å². The van der Waals surface area contributed by atoms with Crippen LogP contribution in [0.25, 0.3) is 0 Å². The summed E-state index contributed by atoms with van der Waals surface area (Å²) < 4.78 is 97.8. The molecule has 0 spiro atoms. The van der Waals surface area contributed by atoms with Gasteiger partial charge >= 0.3 is 15.6 Å². The Morgan fingerprint density at radius 2 is 1.90 bits per heavy atom. The lowest BCUT2D eigenvalue weighted by Crippen LogP contribution is -2.28. The van der Waals surface area contributed by atoms with Crippen LogP contribution in [0.3, 0.4) is 0 Å². The van der Waals surface area contributed by atoms with Gasteiger partial charge in [-0.2, -0.15) is 30.0 Å². The third-order valence-electron chi connectivity index (χ3n) is 4.71. The van der Waals surface area contributed by atoms with E-state index in [2.05, 4.69) is 17.3 Å². The number of hydrogen-bond acceptors (Lipinski definition) is 8. The van der Waals surface area contributed by atoms with Crippen LogP contribution in [0.5, 0.6) is 0 Å². The van der Waals surface area contributed by atoms with Crippen LogP contribution in [-0.2, 0) is 33.3 Å². The van der Waals surface area contributed by atoms with Crippen molar-refractivity contribution in [2.75, 3.05) is 12.9 Å². The van der Waals surface area contributed by atoms with E-state index in [0.717, 1.165) is 11.8 Å². The van der Waals surface area contributed by atoms with Crippen LogP contribution in [-0.4, -0.2) is 58.6 Å². The Balaban J connectivity index is 2.75. The van der Waals surface area contributed by atoms with Crippen LogP contribution < -0.4 is 0 Å². The molecule has 0 saturated carbocycles. The second kappa shape index (κ2) is 11.1. The average Bonchev–Trinajstić information content (AvgIpc) is 2.94. The monoisotopic (exact) mass is 494 g/mol. The maximum absolute atomic E-state index is 12.5. The van der Waals surface area contributed by atoms with Gasteiger partial charge < -0.3 is 14.0 Å². The van der Waals surface area contributed by atoms with E-state index < -0.39 is 43.5 Å². The van der Waals surface area contributed by atoms with Crippen molar-refractivity contribution in [2.24, 2.45) is 5.92 Å². The first-order valence-electron chi connectivity index (χ1n) is 9.57. The van der Waals surface area contributed by atoms with Crippen LogP contribution in [0.1, 0.15) is 45.4 Å². The number of rotatable bonds is 13. The summed E-state index contributed by atoms with van der Waals surface area (Å²) in [5.74, 6) is -1.63. The SMILES string of the molecule is C=C(OS(=O)(=O)C(F)(F)F)C(C)C[C@@H](CC[C@@H]1O[C@@H](CCCO)CC1=C)OS(C)(=O)=O. The number of hydrogen-bond donors (Lipinski definition) is 1. The van der Waals surface area contributed by atoms with Gasteiger partial charge in [-0.1, -0.05) is 20.1 Å². The minimum absolute atomic E-state index is 0.0369. The zero-order chi connectivity index (χ0) is 24.0. The smallest absolute Gasteiger partial charge is 0.396 e. The number of alkyl halides is 3. The molecule has 1 N–H and O–H groups in total. The Morgan fingerprint density at radius 1 is 1.29 bits per heavy atom. The molecule has 1 rings (SSSR count). The molecule has 8 nitrogen and oxygen atoms in total. The van der Waals surface area contributed by atoms with Crippen molar-refractivity contribution in [1.82, 2.24) is 0 Å². The fourth-order valence-corrected chi connectivity index (χ4v) is 4.36. The first-order chi connectivity index (χ1) is 14.1. The summed E-state index contributed by atoms with van der Waals surface area (Å²) in [6.45, 7) is 8.56. The molecule has 0 aromatic carbocycles. The fraction of sp³-hybridized carbons (Fsp3) is 0.778. The quantitative estimate of drug-likeness (QED) is 0.180. The molecule has 31 heavy (non-hydrogen) atoms.